The maximum atomic E-state index is 11.2. The first-order valence-electron chi connectivity index (χ1n) is 5.67. The highest BCUT2D eigenvalue weighted by molar-refractivity contribution is 5.93. The zero-order valence-electron chi connectivity index (χ0n) is 10.6. The van der Waals surface area contributed by atoms with Crippen LogP contribution in [0.5, 0.6) is 0 Å². The smallest absolute Gasteiger partial charge is 0.337 e. The minimum Gasteiger partial charge on any atom is -0.465 e. The number of ether oxygens (including phenoxy) is 1. The van der Waals surface area contributed by atoms with Gasteiger partial charge in [0.1, 0.15) is 0 Å². The van der Waals surface area contributed by atoms with Gasteiger partial charge in [0.15, 0.2) is 5.78 Å². The summed E-state index contributed by atoms with van der Waals surface area (Å²) in [6.07, 6.45) is 2.67. The minimum atomic E-state index is -0.354. The Morgan fingerprint density at radius 2 is 1.89 bits per heavy atom. The van der Waals surface area contributed by atoms with Crippen LogP contribution in [0.25, 0.3) is 0 Å². The Morgan fingerprint density at radius 3 is 2.33 bits per heavy atom. The van der Waals surface area contributed by atoms with E-state index in [0.29, 0.717) is 24.0 Å². The van der Waals surface area contributed by atoms with Crippen LogP contribution in [0.4, 0.5) is 0 Å². The van der Waals surface area contributed by atoms with Crippen molar-refractivity contribution in [1.29, 1.82) is 0 Å². The van der Waals surface area contributed by atoms with Gasteiger partial charge in [-0.05, 0) is 37.5 Å². The Morgan fingerprint density at radius 1 is 1.28 bits per heavy atom. The molecule has 1 rings (SSSR count). The molecule has 0 heterocycles. The molecule has 0 atom stereocenters. The summed E-state index contributed by atoms with van der Waals surface area (Å²) >= 11 is 0. The molecule has 0 aliphatic heterocycles. The fourth-order valence-electron chi connectivity index (χ4n) is 1.58. The first kappa shape index (κ1) is 14.0. The minimum absolute atomic E-state index is 0.0105. The van der Waals surface area contributed by atoms with Gasteiger partial charge in [0, 0.05) is 11.8 Å². The SMILES string of the molecule is COC(=O)c1ccc(CC/C(=C/N)C(C)=O)cc1. The van der Waals surface area contributed by atoms with E-state index in [2.05, 4.69) is 4.74 Å². The third-order valence-corrected chi connectivity index (χ3v) is 2.71. The number of esters is 1. The number of aryl methyl sites for hydroxylation is 1. The average molecular weight is 247 g/mol. The number of allylic oxidation sites excluding steroid dienone is 1. The summed E-state index contributed by atoms with van der Waals surface area (Å²) < 4.78 is 4.61. The maximum absolute atomic E-state index is 11.2. The first-order valence-corrected chi connectivity index (χ1v) is 5.67. The van der Waals surface area contributed by atoms with E-state index < -0.39 is 0 Å². The van der Waals surface area contributed by atoms with E-state index in [-0.39, 0.29) is 11.8 Å². The van der Waals surface area contributed by atoms with Gasteiger partial charge in [0.2, 0.25) is 0 Å². The highest BCUT2D eigenvalue weighted by Crippen LogP contribution is 2.11. The second-order valence-corrected chi connectivity index (χ2v) is 3.94. The second kappa shape index (κ2) is 6.59. The number of rotatable bonds is 5. The molecular weight excluding hydrogens is 230 g/mol. The summed E-state index contributed by atoms with van der Waals surface area (Å²) in [6.45, 7) is 1.50. The lowest BCUT2D eigenvalue weighted by Gasteiger charge is -2.04. The summed E-state index contributed by atoms with van der Waals surface area (Å²) in [4.78, 5) is 22.4. The molecule has 0 unspecified atom stereocenters. The molecule has 0 fully saturated rings. The van der Waals surface area contributed by atoms with Crippen molar-refractivity contribution in [3.63, 3.8) is 0 Å². The summed E-state index contributed by atoms with van der Waals surface area (Å²) in [7, 11) is 1.35. The van der Waals surface area contributed by atoms with Crippen molar-refractivity contribution in [1.82, 2.24) is 0 Å². The molecule has 4 heteroatoms. The maximum Gasteiger partial charge on any atom is 0.337 e. The van der Waals surface area contributed by atoms with E-state index in [4.69, 9.17) is 5.73 Å². The van der Waals surface area contributed by atoms with Crippen LogP contribution in [0.15, 0.2) is 36.0 Å². The van der Waals surface area contributed by atoms with Crippen LogP contribution in [0.1, 0.15) is 29.3 Å². The van der Waals surface area contributed by atoms with Gasteiger partial charge in [0.25, 0.3) is 0 Å². The molecule has 4 nitrogen and oxygen atoms in total. The number of Topliss-reactive ketones (excluding diaryl/α,β-unsaturated/α-hetero) is 1. The van der Waals surface area contributed by atoms with Crippen molar-refractivity contribution in [2.45, 2.75) is 19.8 Å². The van der Waals surface area contributed by atoms with Crippen molar-refractivity contribution in [2.24, 2.45) is 5.73 Å². The lowest BCUT2D eigenvalue weighted by Crippen LogP contribution is -2.03. The number of hydrogen-bond acceptors (Lipinski definition) is 4. The van der Waals surface area contributed by atoms with Gasteiger partial charge in [-0.3, -0.25) is 4.79 Å². The van der Waals surface area contributed by atoms with Crippen molar-refractivity contribution in [3.05, 3.63) is 47.2 Å². The van der Waals surface area contributed by atoms with E-state index in [1.165, 1.54) is 20.2 Å². The predicted octanol–water partition coefficient (Wildman–Crippen LogP) is 1.84. The van der Waals surface area contributed by atoms with Crippen molar-refractivity contribution in [2.75, 3.05) is 7.11 Å². The molecule has 0 spiro atoms. The van der Waals surface area contributed by atoms with Crippen molar-refractivity contribution in [3.8, 4) is 0 Å². The lowest BCUT2D eigenvalue weighted by molar-refractivity contribution is -0.113. The average Bonchev–Trinajstić information content (AvgIpc) is 2.39. The van der Waals surface area contributed by atoms with E-state index >= 15 is 0 Å². The summed E-state index contributed by atoms with van der Waals surface area (Å²) in [5.74, 6) is -0.364. The molecule has 0 saturated heterocycles. The number of nitrogens with two attached hydrogens (primary N) is 1. The fourth-order valence-corrected chi connectivity index (χ4v) is 1.58. The first-order chi connectivity index (χ1) is 8.58. The predicted molar refractivity (Wildman–Crippen MR) is 69.1 cm³/mol. The fraction of sp³-hybridized carbons (Fsp3) is 0.286. The van der Waals surface area contributed by atoms with Gasteiger partial charge in [-0.1, -0.05) is 12.1 Å². The molecule has 1 aromatic rings. The summed E-state index contributed by atoms with van der Waals surface area (Å²) in [6, 6.07) is 7.11. The number of methoxy groups -OCH3 is 1. The van der Waals surface area contributed by atoms with E-state index in [0.717, 1.165) is 5.56 Å². The van der Waals surface area contributed by atoms with Crippen LogP contribution in [0.2, 0.25) is 0 Å². The Bertz CT molecular complexity index is 460. The van der Waals surface area contributed by atoms with Gasteiger partial charge < -0.3 is 10.5 Å². The van der Waals surface area contributed by atoms with Gasteiger partial charge >= 0.3 is 5.97 Å². The molecule has 0 aliphatic rings. The second-order valence-electron chi connectivity index (χ2n) is 3.94. The highest BCUT2D eigenvalue weighted by atomic mass is 16.5. The molecule has 0 aromatic heterocycles. The molecular formula is C14H17NO3. The van der Waals surface area contributed by atoms with Gasteiger partial charge in [0.05, 0.1) is 12.7 Å². The molecule has 0 bridgehead atoms. The number of carbonyl (C=O) groups is 2. The van der Waals surface area contributed by atoms with Crippen LogP contribution in [0.3, 0.4) is 0 Å². The van der Waals surface area contributed by atoms with Crippen LogP contribution < -0.4 is 5.73 Å². The highest BCUT2D eigenvalue weighted by Gasteiger charge is 2.06. The topological polar surface area (TPSA) is 69.4 Å². The number of carbonyl (C=O) groups excluding carboxylic acids is 2. The van der Waals surface area contributed by atoms with Gasteiger partial charge in [-0.2, -0.15) is 0 Å². The zero-order valence-corrected chi connectivity index (χ0v) is 10.6. The lowest BCUT2D eigenvalue weighted by atomic mass is 10.0. The zero-order chi connectivity index (χ0) is 13.5. The van der Waals surface area contributed by atoms with Gasteiger partial charge in [-0.25, -0.2) is 4.79 Å². The summed E-state index contributed by atoms with van der Waals surface area (Å²) in [5, 5.41) is 0. The van der Waals surface area contributed by atoms with E-state index in [9.17, 15) is 9.59 Å². The monoisotopic (exact) mass is 247 g/mol. The van der Waals surface area contributed by atoms with Gasteiger partial charge in [-0.15, -0.1) is 0 Å². The Hall–Kier alpha value is -2.10. The number of benzene rings is 1. The third-order valence-electron chi connectivity index (χ3n) is 2.71. The number of ketones is 1. The van der Waals surface area contributed by atoms with E-state index in [1.807, 2.05) is 12.1 Å². The molecule has 18 heavy (non-hydrogen) atoms. The van der Waals surface area contributed by atoms with Crippen LogP contribution in [-0.2, 0) is 16.0 Å². The van der Waals surface area contributed by atoms with Crippen LogP contribution >= 0.6 is 0 Å². The molecule has 2 N–H and O–H groups in total. The normalized spacial score (nSPS) is 11.1. The van der Waals surface area contributed by atoms with Crippen molar-refractivity contribution < 1.29 is 14.3 Å². The molecule has 96 valence electrons. The van der Waals surface area contributed by atoms with Crippen LogP contribution in [0, 0.1) is 0 Å². The van der Waals surface area contributed by atoms with Crippen molar-refractivity contribution >= 4 is 11.8 Å². The quantitative estimate of drug-likeness (QED) is 0.636. The standard InChI is InChI=1S/C14H17NO3/c1-10(16)13(9-15)8-5-11-3-6-12(7-4-11)14(17)18-2/h3-4,6-7,9H,5,8,15H2,1-2H3/b13-9-. The molecule has 1 aromatic carbocycles. The number of hydrogen-bond donors (Lipinski definition) is 1. The molecule has 0 saturated carbocycles. The Labute approximate surface area is 106 Å². The summed E-state index contributed by atoms with van der Waals surface area (Å²) in [5.41, 5.74) is 7.55. The molecule has 0 amide bonds. The Balaban J connectivity index is 2.64. The molecule has 0 aliphatic carbocycles. The Kier molecular flexibility index (Phi) is 5.11. The largest absolute Gasteiger partial charge is 0.465 e. The third kappa shape index (κ3) is 3.73. The van der Waals surface area contributed by atoms with Crippen LogP contribution in [-0.4, -0.2) is 18.9 Å². The van der Waals surface area contributed by atoms with E-state index in [1.54, 1.807) is 12.1 Å². The molecule has 0 radical (unpaired) electrons.